The molecule has 1 aromatic heterocycles. The van der Waals surface area contributed by atoms with Crippen molar-refractivity contribution in [2.75, 3.05) is 18.4 Å². The van der Waals surface area contributed by atoms with Crippen LogP contribution in [0.1, 0.15) is 28.7 Å². The van der Waals surface area contributed by atoms with Crippen molar-refractivity contribution in [1.82, 2.24) is 10.2 Å². The van der Waals surface area contributed by atoms with Gasteiger partial charge >= 0.3 is 5.97 Å². The largest absolute Gasteiger partial charge is 0.480 e. The van der Waals surface area contributed by atoms with Gasteiger partial charge in [-0.15, -0.1) is 0 Å². The number of aliphatic carboxylic acids is 1. The molecule has 2 fully saturated rings. The third-order valence-electron chi connectivity index (χ3n) is 7.69. The fraction of sp³-hybridized carbons (Fsp3) is 0.321. The summed E-state index contributed by atoms with van der Waals surface area (Å²) in [5.41, 5.74) is 0.173. The first kappa shape index (κ1) is 26.1. The van der Waals surface area contributed by atoms with Gasteiger partial charge in [0.05, 0.1) is 22.8 Å². The van der Waals surface area contributed by atoms with E-state index in [9.17, 15) is 29.6 Å². The molecule has 5 rings (SSSR count). The average Bonchev–Trinajstić information content (AvgIpc) is 3.52. The molecule has 0 radical (unpaired) electrons. The number of rotatable bonds is 9. The van der Waals surface area contributed by atoms with E-state index < -0.39 is 46.1 Å². The number of fused-ring (bicyclic) bond motifs is 1. The summed E-state index contributed by atoms with van der Waals surface area (Å²) in [6.07, 6.45) is -0.161. The van der Waals surface area contributed by atoms with Gasteiger partial charge < -0.3 is 14.8 Å². The Morgan fingerprint density at radius 2 is 1.82 bits per heavy atom. The van der Waals surface area contributed by atoms with Gasteiger partial charge in [-0.3, -0.25) is 34.7 Å². The molecule has 11 heteroatoms. The standard InChI is InChI=1S/C28H28N4O7/c1-16-14-21(39-17(16)2)24-22-23(26(34)31(25(22)33)13-12-29-19-6-4-3-5-7-19)28(30-24,27(35)36)15-18-8-10-20(11-9-18)32(37)38/h3-11,14,22-24,29-30H,12-13,15H2,1-2H3,(H,35,36). The van der Waals surface area contributed by atoms with Crippen LogP contribution in [0.5, 0.6) is 0 Å². The summed E-state index contributed by atoms with van der Waals surface area (Å²) in [7, 11) is 0. The molecule has 3 aromatic rings. The molecule has 202 valence electrons. The van der Waals surface area contributed by atoms with Gasteiger partial charge in [-0.1, -0.05) is 30.3 Å². The number of amides is 2. The number of hydrogen-bond acceptors (Lipinski definition) is 8. The maximum atomic E-state index is 13.8. The maximum Gasteiger partial charge on any atom is 0.325 e. The molecule has 0 bridgehead atoms. The van der Waals surface area contributed by atoms with Crippen LogP contribution in [-0.2, 0) is 20.8 Å². The van der Waals surface area contributed by atoms with Gasteiger partial charge in [0.1, 0.15) is 17.1 Å². The van der Waals surface area contributed by atoms with E-state index in [2.05, 4.69) is 10.6 Å². The molecule has 3 heterocycles. The highest BCUT2D eigenvalue weighted by Crippen LogP contribution is 2.50. The number of nitro groups is 1. The quantitative estimate of drug-likeness (QED) is 0.214. The van der Waals surface area contributed by atoms with E-state index in [4.69, 9.17) is 4.42 Å². The lowest BCUT2D eigenvalue weighted by atomic mass is 9.76. The molecule has 4 atom stereocenters. The number of carboxylic acid groups (broad SMARTS) is 1. The van der Waals surface area contributed by atoms with E-state index in [0.29, 0.717) is 23.6 Å². The monoisotopic (exact) mass is 532 g/mol. The Labute approximate surface area is 223 Å². The molecule has 2 aliphatic rings. The Bertz CT molecular complexity index is 1420. The zero-order chi connectivity index (χ0) is 27.9. The van der Waals surface area contributed by atoms with Gasteiger partial charge in [-0.25, -0.2) is 0 Å². The molecule has 4 unspecified atom stereocenters. The van der Waals surface area contributed by atoms with E-state index >= 15 is 0 Å². The highest BCUT2D eigenvalue weighted by Gasteiger charge is 2.68. The summed E-state index contributed by atoms with van der Waals surface area (Å²) in [5.74, 6) is -3.50. The third-order valence-corrected chi connectivity index (χ3v) is 7.69. The van der Waals surface area contributed by atoms with Crippen molar-refractivity contribution >= 4 is 29.2 Å². The van der Waals surface area contributed by atoms with Crippen molar-refractivity contribution in [2.24, 2.45) is 11.8 Å². The normalized spacial score (nSPS) is 24.2. The number of aryl methyl sites for hydroxylation is 2. The van der Waals surface area contributed by atoms with Crippen molar-refractivity contribution in [3.63, 3.8) is 0 Å². The number of nitrogens with one attached hydrogen (secondary N) is 2. The SMILES string of the molecule is Cc1cc(C2NC(Cc3ccc([N+](=O)[O-])cc3)(C(=O)O)C3C(=O)N(CCNc4ccccc4)C(=O)C23)oc1C. The zero-order valence-electron chi connectivity index (χ0n) is 21.4. The first-order valence-corrected chi connectivity index (χ1v) is 12.6. The fourth-order valence-electron chi connectivity index (χ4n) is 5.64. The van der Waals surface area contributed by atoms with Crippen LogP contribution in [0.3, 0.4) is 0 Å². The molecular weight excluding hydrogens is 504 g/mol. The average molecular weight is 533 g/mol. The van der Waals surface area contributed by atoms with Crippen LogP contribution < -0.4 is 10.6 Å². The predicted octanol–water partition coefficient (Wildman–Crippen LogP) is 3.23. The van der Waals surface area contributed by atoms with Crippen molar-refractivity contribution in [3.05, 3.63) is 93.4 Å². The summed E-state index contributed by atoms with van der Waals surface area (Å²) < 4.78 is 5.90. The van der Waals surface area contributed by atoms with Crippen molar-refractivity contribution in [3.8, 4) is 0 Å². The highest BCUT2D eigenvalue weighted by molar-refractivity contribution is 6.09. The van der Waals surface area contributed by atoms with Crippen LogP contribution in [0.15, 0.2) is 65.1 Å². The number of carbonyl (C=O) groups excluding carboxylic acids is 2. The molecule has 2 saturated heterocycles. The number of non-ortho nitro benzene ring substituents is 1. The first-order chi connectivity index (χ1) is 18.6. The number of benzene rings is 2. The van der Waals surface area contributed by atoms with Gasteiger partial charge in [-0.05, 0) is 43.2 Å². The number of imide groups is 1. The number of para-hydroxylation sites is 1. The molecule has 0 aliphatic carbocycles. The molecule has 0 spiro atoms. The second kappa shape index (κ2) is 9.99. The number of hydrogen-bond donors (Lipinski definition) is 3. The second-order valence-corrected chi connectivity index (χ2v) is 10.0. The van der Waals surface area contributed by atoms with Gasteiger partial charge in [0.25, 0.3) is 5.69 Å². The number of carboxylic acids is 1. The summed E-state index contributed by atoms with van der Waals surface area (Å²) in [5, 5.41) is 27.9. The lowest BCUT2D eigenvalue weighted by molar-refractivity contribution is -0.384. The fourth-order valence-corrected chi connectivity index (χ4v) is 5.64. The second-order valence-electron chi connectivity index (χ2n) is 10.0. The minimum Gasteiger partial charge on any atom is -0.480 e. The molecule has 11 nitrogen and oxygen atoms in total. The molecular formula is C28H28N4O7. The summed E-state index contributed by atoms with van der Waals surface area (Å²) in [6, 6.07) is 15.8. The van der Waals surface area contributed by atoms with Crippen molar-refractivity contribution in [1.29, 1.82) is 0 Å². The minimum atomic E-state index is -1.84. The Kier molecular flexibility index (Phi) is 6.69. The van der Waals surface area contributed by atoms with E-state index in [-0.39, 0.29) is 18.7 Å². The lowest BCUT2D eigenvalue weighted by Gasteiger charge is -2.31. The van der Waals surface area contributed by atoms with Gasteiger partial charge in [0.15, 0.2) is 0 Å². The molecule has 2 aromatic carbocycles. The Morgan fingerprint density at radius 3 is 2.41 bits per heavy atom. The third kappa shape index (κ3) is 4.54. The zero-order valence-corrected chi connectivity index (χ0v) is 21.4. The number of nitrogens with zero attached hydrogens (tertiary/aromatic N) is 2. The highest BCUT2D eigenvalue weighted by atomic mass is 16.6. The molecule has 2 aliphatic heterocycles. The van der Waals surface area contributed by atoms with E-state index in [0.717, 1.165) is 16.2 Å². The maximum absolute atomic E-state index is 13.8. The van der Waals surface area contributed by atoms with Crippen LogP contribution in [0.2, 0.25) is 0 Å². The van der Waals surface area contributed by atoms with Gasteiger partial charge in [-0.2, -0.15) is 0 Å². The summed E-state index contributed by atoms with van der Waals surface area (Å²) >= 11 is 0. The van der Waals surface area contributed by atoms with Crippen LogP contribution in [0, 0.1) is 35.8 Å². The summed E-state index contributed by atoms with van der Waals surface area (Å²) in [6.45, 7) is 3.98. The van der Waals surface area contributed by atoms with E-state index in [1.165, 1.54) is 24.3 Å². The number of furan rings is 1. The summed E-state index contributed by atoms with van der Waals surface area (Å²) in [4.78, 5) is 52.2. The van der Waals surface area contributed by atoms with Crippen molar-refractivity contribution < 1.29 is 28.8 Å². The molecule has 0 saturated carbocycles. The first-order valence-electron chi connectivity index (χ1n) is 12.6. The van der Waals surface area contributed by atoms with Crippen molar-refractivity contribution in [2.45, 2.75) is 31.8 Å². The van der Waals surface area contributed by atoms with E-state index in [1.807, 2.05) is 37.3 Å². The lowest BCUT2D eigenvalue weighted by Crippen LogP contribution is -2.57. The van der Waals surface area contributed by atoms with Crippen LogP contribution in [0.25, 0.3) is 0 Å². The predicted molar refractivity (Wildman–Crippen MR) is 140 cm³/mol. The number of nitro benzene ring substituents is 1. The topological polar surface area (TPSA) is 155 Å². The number of likely N-dealkylation sites (tertiary alicyclic amines) is 1. The number of carbonyl (C=O) groups is 3. The minimum absolute atomic E-state index is 0.0652. The van der Waals surface area contributed by atoms with Crippen LogP contribution in [-0.4, -0.2) is 51.3 Å². The van der Waals surface area contributed by atoms with Crippen LogP contribution in [0.4, 0.5) is 11.4 Å². The van der Waals surface area contributed by atoms with E-state index in [1.54, 1.807) is 13.0 Å². The smallest absolute Gasteiger partial charge is 0.325 e. The molecule has 3 N–H and O–H groups in total. The Hall–Kier alpha value is -4.51. The number of anilines is 1. The van der Waals surface area contributed by atoms with Gasteiger partial charge in [0.2, 0.25) is 11.8 Å². The molecule has 39 heavy (non-hydrogen) atoms. The van der Waals surface area contributed by atoms with Gasteiger partial charge in [0, 0.05) is 37.3 Å². The Morgan fingerprint density at radius 1 is 1.13 bits per heavy atom. The van der Waals surface area contributed by atoms with Crippen LogP contribution >= 0.6 is 0 Å². The Balaban J connectivity index is 1.50. The molecule has 2 amide bonds.